The summed E-state index contributed by atoms with van der Waals surface area (Å²) in [6.07, 6.45) is 2.25. The lowest BCUT2D eigenvalue weighted by Gasteiger charge is -2.22. The molecule has 0 aromatic heterocycles. The molecule has 116 valence electrons. The Bertz CT molecular complexity index is 519. The Morgan fingerprint density at radius 2 is 2.00 bits per heavy atom. The van der Waals surface area contributed by atoms with Crippen LogP contribution in [0.25, 0.3) is 0 Å². The molecule has 2 rings (SSSR count). The first-order valence-corrected chi connectivity index (χ1v) is 6.66. The maximum atomic E-state index is 13.6. The molecule has 1 aromatic rings. The van der Waals surface area contributed by atoms with Crippen LogP contribution in [0.15, 0.2) is 18.2 Å². The Kier molecular flexibility index (Phi) is 6.58. The number of piperidine rings is 1. The largest absolute Gasteiger partial charge is 0.366 e. The second-order valence-electron chi connectivity index (χ2n) is 5.00. The van der Waals surface area contributed by atoms with Crippen LogP contribution in [0.2, 0.25) is 0 Å². The molecule has 1 saturated heterocycles. The van der Waals surface area contributed by atoms with Crippen molar-refractivity contribution in [2.75, 3.05) is 18.4 Å². The summed E-state index contributed by atoms with van der Waals surface area (Å²) in [6.45, 7) is 1.81. The molecular formula is C14H19ClFN3O2. The Morgan fingerprint density at radius 1 is 1.33 bits per heavy atom. The summed E-state index contributed by atoms with van der Waals surface area (Å²) >= 11 is 0. The molecule has 4 N–H and O–H groups in total. The molecule has 1 aliphatic rings. The van der Waals surface area contributed by atoms with E-state index >= 15 is 0 Å². The molecule has 7 heteroatoms. The standard InChI is InChI=1S/C14H18FN3O2.ClH/c15-11-2-1-10(14(16)20)8-12(11)18-13(19)7-9-3-5-17-6-4-9;/h1-2,8-9,17H,3-7H2,(H2,16,20)(H,18,19);1H. The van der Waals surface area contributed by atoms with Gasteiger partial charge in [-0.25, -0.2) is 4.39 Å². The maximum Gasteiger partial charge on any atom is 0.248 e. The predicted molar refractivity (Wildman–Crippen MR) is 81.0 cm³/mol. The lowest BCUT2D eigenvalue weighted by atomic mass is 9.94. The van der Waals surface area contributed by atoms with E-state index in [9.17, 15) is 14.0 Å². The van der Waals surface area contributed by atoms with Crippen molar-refractivity contribution in [2.45, 2.75) is 19.3 Å². The number of rotatable bonds is 4. The van der Waals surface area contributed by atoms with Crippen molar-refractivity contribution in [3.63, 3.8) is 0 Å². The molecule has 0 unspecified atom stereocenters. The number of nitrogens with two attached hydrogens (primary N) is 1. The summed E-state index contributed by atoms with van der Waals surface area (Å²) in [6, 6.07) is 3.68. The van der Waals surface area contributed by atoms with E-state index in [0.29, 0.717) is 12.3 Å². The zero-order chi connectivity index (χ0) is 14.5. The monoisotopic (exact) mass is 315 g/mol. The quantitative estimate of drug-likeness (QED) is 0.790. The second-order valence-corrected chi connectivity index (χ2v) is 5.00. The normalized spacial score (nSPS) is 15.1. The summed E-state index contributed by atoms with van der Waals surface area (Å²) in [7, 11) is 0. The number of hydrogen-bond acceptors (Lipinski definition) is 3. The lowest BCUT2D eigenvalue weighted by molar-refractivity contribution is -0.117. The van der Waals surface area contributed by atoms with Crippen LogP contribution in [0.3, 0.4) is 0 Å². The van der Waals surface area contributed by atoms with Crippen molar-refractivity contribution in [3.05, 3.63) is 29.6 Å². The molecule has 1 aliphatic heterocycles. The van der Waals surface area contributed by atoms with E-state index in [1.165, 1.54) is 12.1 Å². The van der Waals surface area contributed by atoms with Gasteiger partial charge in [-0.15, -0.1) is 12.4 Å². The molecule has 0 atom stereocenters. The van der Waals surface area contributed by atoms with Gasteiger partial charge in [0.2, 0.25) is 11.8 Å². The van der Waals surface area contributed by atoms with Crippen molar-refractivity contribution in [1.29, 1.82) is 0 Å². The summed E-state index contributed by atoms with van der Waals surface area (Å²) in [5.74, 6) is -1.15. The minimum absolute atomic E-state index is 0. The Hall–Kier alpha value is -1.66. The fraction of sp³-hybridized carbons (Fsp3) is 0.429. The third-order valence-electron chi connectivity index (χ3n) is 3.46. The van der Waals surface area contributed by atoms with Crippen molar-refractivity contribution >= 4 is 29.9 Å². The lowest BCUT2D eigenvalue weighted by Crippen LogP contribution is -2.30. The van der Waals surface area contributed by atoms with Gasteiger partial charge in [-0.2, -0.15) is 0 Å². The topological polar surface area (TPSA) is 84.2 Å². The molecule has 0 spiro atoms. The number of anilines is 1. The van der Waals surface area contributed by atoms with Crippen LogP contribution in [0.1, 0.15) is 29.6 Å². The van der Waals surface area contributed by atoms with E-state index in [4.69, 9.17) is 5.73 Å². The highest BCUT2D eigenvalue weighted by atomic mass is 35.5. The van der Waals surface area contributed by atoms with Crippen LogP contribution in [0.5, 0.6) is 0 Å². The summed E-state index contributed by atoms with van der Waals surface area (Å²) in [5, 5.41) is 5.73. The Labute approximate surface area is 128 Å². The molecular weight excluding hydrogens is 297 g/mol. The van der Waals surface area contributed by atoms with Crippen molar-refractivity contribution in [2.24, 2.45) is 11.7 Å². The highest BCUT2D eigenvalue weighted by Crippen LogP contribution is 2.19. The molecule has 1 aromatic carbocycles. The van der Waals surface area contributed by atoms with Gasteiger partial charge in [-0.1, -0.05) is 0 Å². The van der Waals surface area contributed by atoms with E-state index in [1.807, 2.05) is 0 Å². The van der Waals surface area contributed by atoms with Gasteiger partial charge in [0.25, 0.3) is 0 Å². The third-order valence-corrected chi connectivity index (χ3v) is 3.46. The fourth-order valence-electron chi connectivity index (χ4n) is 2.32. The van der Waals surface area contributed by atoms with Gasteiger partial charge >= 0.3 is 0 Å². The van der Waals surface area contributed by atoms with Crippen LogP contribution in [0, 0.1) is 11.7 Å². The third kappa shape index (κ3) is 4.99. The average Bonchev–Trinajstić information content (AvgIpc) is 2.42. The van der Waals surface area contributed by atoms with Crippen LogP contribution >= 0.6 is 12.4 Å². The highest BCUT2D eigenvalue weighted by molar-refractivity contribution is 5.96. The van der Waals surface area contributed by atoms with Crippen LogP contribution in [0.4, 0.5) is 10.1 Å². The van der Waals surface area contributed by atoms with Gasteiger partial charge in [0.1, 0.15) is 5.82 Å². The minimum atomic E-state index is -0.654. The number of benzene rings is 1. The smallest absolute Gasteiger partial charge is 0.248 e. The van der Waals surface area contributed by atoms with Crippen LogP contribution in [-0.4, -0.2) is 24.9 Å². The van der Waals surface area contributed by atoms with Crippen LogP contribution < -0.4 is 16.4 Å². The number of amides is 2. The molecule has 1 fully saturated rings. The van der Waals surface area contributed by atoms with E-state index in [1.54, 1.807) is 0 Å². The van der Waals surface area contributed by atoms with Gasteiger partial charge in [-0.05, 0) is 50.0 Å². The van der Waals surface area contributed by atoms with Gasteiger partial charge in [0.15, 0.2) is 0 Å². The zero-order valence-corrected chi connectivity index (χ0v) is 12.3. The fourth-order valence-corrected chi connectivity index (χ4v) is 2.32. The Morgan fingerprint density at radius 3 is 2.62 bits per heavy atom. The Balaban J connectivity index is 0.00000220. The second kappa shape index (κ2) is 7.95. The molecule has 0 bridgehead atoms. The number of nitrogens with one attached hydrogen (secondary N) is 2. The molecule has 0 radical (unpaired) electrons. The van der Waals surface area contributed by atoms with E-state index < -0.39 is 11.7 Å². The van der Waals surface area contributed by atoms with Crippen molar-refractivity contribution in [1.82, 2.24) is 5.32 Å². The van der Waals surface area contributed by atoms with Gasteiger partial charge in [0, 0.05) is 12.0 Å². The minimum Gasteiger partial charge on any atom is -0.366 e. The number of halogens is 2. The molecule has 0 aliphatic carbocycles. The number of carbonyl (C=O) groups is 2. The predicted octanol–water partition coefficient (Wildman–Crippen LogP) is 1.67. The van der Waals surface area contributed by atoms with Gasteiger partial charge < -0.3 is 16.4 Å². The molecule has 0 saturated carbocycles. The van der Waals surface area contributed by atoms with E-state index in [0.717, 1.165) is 32.0 Å². The van der Waals surface area contributed by atoms with E-state index in [2.05, 4.69) is 10.6 Å². The van der Waals surface area contributed by atoms with Crippen LogP contribution in [-0.2, 0) is 4.79 Å². The molecule has 1 heterocycles. The first kappa shape index (κ1) is 17.4. The SMILES string of the molecule is Cl.NC(=O)c1ccc(F)c(NC(=O)CC2CCNCC2)c1. The summed E-state index contributed by atoms with van der Waals surface area (Å²) in [4.78, 5) is 22.9. The number of primary amides is 1. The van der Waals surface area contributed by atoms with E-state index in [-0.39, 0.29) is 29.6 Å². The maximum absolute atomic E-state index is 13.6. The summed E-state index contributed by atoms with van der Waals surface area (Å²) < 4.78 is 13.6. The highest BCUT2D eigenvalue weighted by Gasteiger charge is 2.18. The summed E-state index contributed by atoms with van der Waals surface area (Å²) in [5.41, 5.74) is 5.30. The molecule has 2 amide bonds. The first-order valence-electron chi connectivity index (χ1n) is 6.66. The average molecular weight is 316 g/mol. The van der Waals surface area contributed by atoms with Crippen molar-refractivity contribution < 1.29 is 14.0 Å². The number of hydrogen-bond donors (Lipinski definition) is 3. The molecule has 5 nitrogen and oxygen atoms in total. The first-order chi connectivity index (χ1) is 9.56. The number of carbonyl (C=O) groups excluding carboxylic acids is 2. The van der Waals surface area contributed by atoms with Gasteiger partial charge in [0.05, 0.1) is 5.69 Å². The molecule has 21 heavy (non-hydrogen) atoms. The van der Waals surface area contributed by atoms with Gasteiger partial charge in [-0.3, -0.25) is 9.59 Å². The van der Waals surface area contributed by atoms with Crippen molar-refractivity contribution in [3.8, 4) is 0 Å². The zero-order valence-electron chi connectivity index (χ0n) is 11.5.